The highest BCUT2D eigenvalue weighted by molar-refractivity contribution is 7.89. The Morgan fingerprint density at radius 1 is 1.53 bits per heavy atom. The number of nitrogens with two attached hydrogens (primary N) is 1. The summed E-state index contributed by atoms with van der Waals surface area (Å²) in [7, 11) is -3.48. The van der Waals surface area contributed by atoms with Crippen molar-refractivity contribution in [3.8, 4) is 0 Å². The zero-order chi connectivity index (χ0) is 13.1. The van der Waals surface area contributed by atoms with E-state index in [0.29, 0.717) is 17.7 Å². The molecule has 0 radical (unpaired) electrons. The molecule has 17 heavy (non-hydrogen) atoms. The van der Waals surface area contributed by atoms with Gasteiger partial charge in [-0.25, -0.2) is 13.1 Å². The van der Waals surface area contributed by atoms with Crippen LogP contribution in [0.15, 0.2) is 35.7 Å². The summed E-state index contributed by atoms with van der Waals surface area (Å²) in [6, 6.07) is 4.58. The van der Waals surface area contributed by atoms with Crippen LogP contribution in [0.3, 0.4) is 0 Å². The van der Waals surface area contributed by atoms with E-state index >= 15 is 0 Å². The second-order valence-electron chi connectivity index (χ2n) is 4.07. The molecule has 94 valence electrons. The molecule has 1 aromatic carbocycles. The minimum atomic E-state index is -3.48. The van der Waals surface area contributed by atoms with Gasteiger partial charge in [0.05, 0.1) is 4.90 Å². The van der Waals surface area contributed by atoms with Gasteiger partial charge in [-0.15, -0.1) is 6.58 Å². The Hall–Kier alpha value is -1.33. The van der Waals surface area contributed by atoms with Crippen molar-refractivity contribution < 1.29 is 8.42 Å². The van der Waals surface area contributed by atoms with Crippen LogP contribution in [0.25, 0.3) is 0 Å². The lowest BCUT2D eigenvalue weighted by atomic mass is 10.2. The average Bonchev–Trinajstić information content (AvgIpc) is 2.15. The van der Waals surface area contributed by atoms with E-state index in [9.17, 15) is 8.42 Å². The smallest absolute Gasteiger partial charge is 0.241 e. The molecule has 0 fully saturated rings. The molecule has 0 amide bonds. The first-order valence-electron chi connectivity index (χ1n) is 5.36. The fourth-order valence-electron chi connectivity index (χ4n) is 1.60. The lowest BCUT2D eigenvalue weighted by Gasteiger charge is -2.14. The molecule has 0 aromatic heterocycles. The summed E-state index contributed by atoms with van der Waals surface area (Å²) < 4.78 is 26.7. The van der Waals surface area contributed by atoms with Crippen LogP contribution < -0.4 is 10.5 Å². The van der Waals surface area contributed by atoms with E-state index in [0.717, 1.165) is 0 Å². The number of benzene rings is 1. The molecule has 0 aliphatic carbocycles. The molecule has 1 unspecified atom stereocenters. The third-order valence-corrected chi connectivity index (χ3v) is 4.11. The van der Waals surface area contributed by atoms with Gasteiger partial charge in [-0.2, -0.15) is 0 Å². The van der Waals surface area contributed by atoms with Crippen LogP contribution in [-0.2, 0) is 10.0 Å². The molecular weight excluding hydrogens is 236 g/mol. The van der Waals surface area contributed by atoms with Crippen molar-refractivity contribution in [3.05, 3.63) is 36.4 Å². The number of sulfonamides is 1. The Balaban J connectivity index is 3.01. The summed E-state index contributed by atoms with van der Waals surface area (Å²) in [5, 5.41) is 0. The largest absolute Gasteiger partial charge is 0.399 e. The van der Waals surface area contributed by atoms with Gasteiger partial charge in [0.1, 0.15) is 0 Å². The van der Waals surface area contributed by atoms with E-state index in [1.54, 1.807) is 32.1 Å². The van der Waals surface area contributed by atoms with Crippen molar-refractivity contribution in [1.82, 2.24) is 4.72 Å². The zero-order valence-electron chi connectivity index (χ0n) is 10.1. The second-order valence-corrected chi connectivity index (χ2v) is 5.75. The minimum Gasteiger partial charge on any atom is -0.399 e. The maximum Gasteiger partial charge on any atom is 0.241 e. The van der Waals surface area contributed by atoms with Crippen LogP contribution in [0.4, 0.5) is 5.69 Å². The Kier molecular flexibility index (Phi) is 4.31. The maximum absolute atomic E-state index is 12.1. The van der Waals surface area contributed by atoms with Crippen LogP contribution in [-0.4, -0.2) is 14.5 Å². The number of nitrogens with one attached hydrogen (secondary N) is 1. The first kappa shape index (κ1) is 13.7. The van der Waals surface area contributed by atoms with Gasteiger partial charge >= 0.3 is 0 Å². The van der Waals surface area contributed by atoms with E-state index in [1.807, 2.05) is 0 Å². The predicted molar refractivity (Wildman–Crippen MR) is 70.2 cm³/mol. The van der Waals surface area contributed by atoms with E-state index in [4.69, 9.17) is 5.73 Å². The standard InChI is InChI=1S/C12H18N2O2S/c1-4-5-10(3)14-17(15,16)12-7-6-11(13)8-9(12)2/h4,6-8,10,14H,1,5,13H2,2-3H3. The lowest BCUT2D eigenvalue weighted by molar-refractivity contribution is 0.561. The maximum atomic E-state index is 12.1. The van der Waals surface area contributed by atoms with Crippen molar-refractivity contribution >= 4 is 15.7 Å². The van der Waals surface area contributed by atoms with Crippen molar-refractivity contribution in [1.29, 1.82) is 0 Å². The molecular formula is C12H18N2O2S. The summed E-state index contributed by atoms with van der Waals surface area (Å²) >= 11 is 0. The molecule has 5 heteroatoms. The minimum absolute atomic E-state index is 0.172. The molecule has 0 saturated heterocycles. The van der Waals surface area contributed by atoms with Gasteiger partial charge in [0, 0.05) is 11.7 Å². The molecule has 3 N–H and O–H groups in total. The van der Waals surface area contributed by atoms with E-state index in [-0.39, 0.29) is 10.9 Å². The second kappa shape index (κ2) is 5.33. The Labute approximate surface area is 103 Å². The normalized spacial score (nSPS) is 13.3. The summed E-state index contributed by atoms with van der Waals surface area (Å²) in [6.07, 6.45) is 2.27. The van der Waals surface area contributed by atoms with Gasteiger partial charge in [0.2, 0.25) is 10.0 Å². The molecule has 1 rings (SSSR count). The first-order valence-corrected chi connectivity index (χ1v) is 6.84. The number of anilines is 1. The van der Waals surface area contributed by atoms with Gasteiger partial charge in [0.15, 0.2) is 0 Å². The number of hydrogen-bond acceptors (Lipinski definition) is 3. The highest BCUT2D eigenvalue weighted by atomic mass is 32.2. The molecule has 4 nitrogen and oxygen atoms in total. The quantitative estimate of drug-likeness (QED) is 0.622. The number of aryl methyl sites for hydroxylation is 1. The van der Waals surface area contributed by atoms with Gasteiger partial charge in [-0.05, 0) is 44.0 Å². The Morgan fingerprint density at radius 3 is 2.71 bits per heavy atom. The Bertz CT molecular complexity index is 509. The van der Waals surface area contributed by atoms with Crippen LogP contribution in [0, 0.1) is 6.92 Å². The molecule has 0 heterocycles. The average molecular weight is 254 g/mol. The summed E-state index contributed by atoms with van der Waals surface area (Å²) in [6.45, 7) is 7.10. The van der Waals surface area contributed by atoms with E-state index in [1.165, 1.54) is 6.07 Å². The Morgan fingerprint density at radius 2 is 2.18 bits per heavy atom. The molecule has 1 atom stereocenters. The summed E-state index contributed by atoms with van der Waals surface area (Å²) in [4.78, 5) is 0.266. The highest BCUT2D eigenvalue weighted by Gasteiger charge is 2.18. The molecule has 0 bridgehead atoms. The third-order valence-electron chi connectivity index (χ3n) is 2.37. The van der Waals surface area contributed by atoms with Crippen molar-refractivity contribution in [3.63, 3.8) is 0 Å². The van der Waals surface area contributed by atoms with E-state index < -0.39 is 10.0 Å². The van der Waals surface area contributed by atoms with Crippen LogP contribution in [0.2, 0.25) is 0 Å². The van der Waals surface area contributed by atoms with Crippen molar-refractivity contribution in [2.24, 2.45) is 0 Å². The van der Waals surface area contributed by atoms with E-state index in [2.05, 4.69) is 11.3 Å². The predicted octanol–water partition coefficient (Wildman–Crippen LogP) is 1.82. The number of rotatable bonds is 5. The monoisotopic (exact) mass is 254 g/mol. The molecule has 1 aromatic rings. The number of hydrogen-bond donors (Lipinski definition) is 2. The zero-order valence-corrected chi connectivity index (χ0v) is 10.9. The summed E-state index contributed by atoms with van der Waals surface area (Å²) in [5.41, 5.74) is 6.79. The SMILES string of the molecule is C=CCC(C)NS(=O)(=O)c1ccc(N)cc1C. The van der Waals surface area contributed by atoms with Crippen molar-refractivity contribution in [2.75, 3.05) is 5.73 Å². The van der Waals surface area contributed by atoms with Crippen LogP contribution >= 0.6 is 0 Å². The number of nitrogen functional groups attached to an aromatic ring is 1. The fraction of sp³-hybridized carbons (Fsp3) is 0.333. The highest BCUT2D eigenvalue weighted by Crippen LogP contribution is 2.18. The molecule has 0 spiro atoms. The van der Waals surface area contributed by atoms with Gasteiger partial charge in [-0.3, -0.25) is 0 Å². The third kappa shape index (κ3) is 3.57. The first-order chi connectivity index (χ1) is 7.86. The van der Waals surface area contributed by atoms with Crippen molar-refractivity contribution in [2.45, 2.75) is 31.2 Å². The fourth-order valence-corrected chi connectivity index (χ4v) is 3.08. The van der Waals surface area contributed by atoms with Crippen LogP contribution in [0.1, 0.15) is 18.9 Å². The molecule has 0 aliphatic rings. The van der Waals surface area contributed by atoms with Crippen LogP contribution in [0.5, 0.6) is 0 Å². The van der Waals surface area contributed by atoms with Gasteiger partial charge < -0.3 is 5.73 Å². The summed E-state index contributed by atoms with van der Waals surface area (Å²) in [5.74, 6) is 0. The lowest BCUT2D eigenvalue weighted by Crippen LogP contribution is -2.32. The topological polar surface area (TPSA) is 72.2 Å². The van der Waals surface area contributed by atoms with Gasteiger partial charge in [0.25, 0.3) is 0 Å². The molecule has 0 aliphatic heterocycles. The van der Waals surface area contributed by atoms with Gasteiger partial charge in [-0.1, -0.05) is 6.08 Å². The molecule has 0 saturated carbocycles.